The number of furan rings is 1. The maximum absolute atomic E-state index is 12.8. The van der Waals surface area contributed by atoms with Crippen LogP contribution in [0.15, 0.2) is 41.1 Å². The highest BCUT2D eigenvalue weighted by Gasteiger charge is 2.28. The minimum absolute atomic E-state index is 0.0826. The topological polar surface area (TPSA) is 46.3 Å². The van der Waals surface area contributed by atoms with Crippen LogP contribution in [0.2, 0.25) is 5.02 Å². The molecule has 110 valence electrons. The molecule has 0 bridgehead atoms. The van der Waals surface area contributed by atoms with Crippen LogP contribution < -0.4 is 0 Å². The molecule has 3 rings (SSSR count). The molecule has 2 aromatic heterocycles. The molecule has 21 heavy (non-hydrogen) atoms. The van der Waals surface area contributed by atoms with E-state index in [4.69, 9.17) is 16.0 Å². The van der Waals surface area contributed by atoms with Crippen molar-refractivity contribution >= 4 is 17.5 Å². The lowest BCUT2D eigenvalue weighted by atomic mass is 10.1. The lowest BCUT2D eigenvalue weighted by molar-refractivity contribution is 0.0643. The summed E-state index contributed by atoms with van der Waals surface area (Å²) in [5.41, 5.74) is 0.390. The molecule has 0 N–H and O–H groups in total. The summed E-state index contributed by atoms with van der Waals surface area (Å²) >= 11 is 5.97. The maximum atomic E-state index is 12.8. The van der Waals surface area contributed by atoms with Crippen molar-refractivity contribution in [3.8, 4) is 0 Å². The molecule has 0 unspecified atom stereocenters. The number of carbonyl (C=O) groups is 1. The molecule has 4 nitrogen and oxygen atoms in total. The summed E-state index contributed by atoms with van der Waals surface area (Å²) in [5, 5.41) is 0.526. The normalized spacial score (nSPS) is 15.3. The van der Waals surface area contributed by atoms with Crippen LogP contribution in [0.1, 0.15) is 41.9 Å². The molecule has 0 aromatic carbocycles. The zero-order valence-electron chi connectivity index (χ0n) is 11.7. The molecule has 0 atom stereocenters. The van der Waals surface area contributed by atoms with Gasteiger partial charge in [0, 0.05) is 17.3 Å². The molecule has 1 fully saturated rings. The molecule has 0 saturated heterocycles. The van der Waals surface area contributed by atoms with Crippen molar-refractivity contribution < 1.29 is 9.21 Å². The van der Waals surface area contributed by atoms with Crippen molar-refractivity contribution in [3.05, 3.63) is 53.2 Å². The zero-order valence-corrected chi connectivity index (χ0v) is 12.4. The summed E-state index contributed by atoms with van der Waals surface area (Å²) in [7, 11) is 0. The van der Waals surface area contributed by atoms with Crippen molar-refractivity contribution in [3.63, 3.8) is 0 Å². The van der Waals surface area contributed by atoms with E-state index in [0.29, 0.717) is 17.3 Å². The lowest BCUT2D eigenvalue weighted by Crippen LogP contribution is -2.38. The highest BCUT2D eigenvalue weighted by Crippen LogP contribution is 2.26. The van der Waals surface area contributed by atoms with Crippen LogP contribution in [0.4, 0.5) is 0 Å². The molecule has 5 heteroatoms. The average molecular weight is 305 g/mol. The van der Waals surface area contributed by atoms with Gasteiger partial charge in [0.1, 0.15) is 11.5 Å². The lowest BCUT2D eigenvalue weighted by Gasteiger charge is -2.28. The summed E-state index contributed by atoms with van der Waals surface area (Å²) in [6, 6.07) is 7.27. The number of rotatable bonds is 4. The minimum Gasteiger partial charge on any atom is -0.467 e. The van der Waals surface area contributed by atoms with Gasteiger partial charge in [0.2, 0.25) is 0 Å². The van der Waals surface area contributed by atoms with Crippen LogP contribution in [0, 0.1) is 0 Å². The predicted molar refractivity (Wildman–Crippen MR) is 80.1 cm³/mol. The van der Waals surface area contributed by atoms with E-state index in [-0.39, 0.29) is 11.9 Å². The third-order valence-electron chi connectivity index (χ3n) is 3.87. The Bertz CT molecular complexity index is 606. The number of hydrogen-bond acceptors (Lipinski definition) is 3. The van der Waals surface area contributed by atoms with E-state index in [0.717, 1.165) is 31.4 Å². The summed E-state index contributed by atoms with van der Waals surface area (Å²) in [5.74, 6) is 0.707. The number of pyridine rings is 1. The van der Waals surface area contributed by atoms with E-state index in [1.807, 2.05) is 17.0 Å². The number of hydrogen-bond donors (Lipinski definition) is 0. The van der Waals surface area contributed by atoms with Gasteiger partial charge in [-0.1, -0.05) is 24.4 Å². The van der Waals surface area contributed by atoms with Crippen molar-refractivity contribution in [2.24, 2.45) is 0 Å². The van der Waals surface area contributed by atoms with Crippen molar-refractivity contribution in [2.75, 3.05) is 0 Å². The second-order valence-corrected chi connectivity index (χ2v) is 5.75. The summed E-state index contributed by atoms with van der Waals surface area (Å²) in [6.07, 6.45) is 7.59. The highest BCUT2D eigenvalue weighted by molar-refractivity contribution is 6.30. The first-order valence-electron chi connectivity index (χ1n) is 7.19. The number of carbonyl (C=O) groups excluding carboxylic acids is 1. The summed E-state index contributed by atoms with van der Waals surface area (Å²) in [4.78, 5) is 18.8. The van der Waals surface area contributed by atoms with Gasteiger partial charge < -0.3 is 9.32 Å². The average Bonchev–Trinajstić information content (AvgIpc) is 3.17. The molecule has 0 spiro atoms. The molecule has 0 radical (unpaired) electrons. The quantitative estimate of drug-likeness (QED) is 0.860. The van der Waals surface area contributed by atoms with Gasteiger partial charge in [0.25, 0.3) is 5.91 Å². The van der Waals surface area contributed by atoms with Gasteiger partial charge in [-0.15, -0.1) is 0 Å². The minimum atomic E-state index is -0.0826. The molecule has 2 heterocycles. The van der Waals surface area contributed by atoms with Gasteiger partial charge in [0.05, 0.1) is 12.8 Å². The SMILES string of the molecule is O=C(c1cc(Cl)ccn1)N(Cc1ccco1)C1CCCC1. The van der Waals surface area contributed by atoms with Gasteiger partial charge in [0.15, 0.2) is 0 Å². The van der Waals surface area contributed by atoms with Gasteiger partial charge in [-0.25, -0.2) is 0 Å². The first-order valence-corrected chi connectivity index (χ1v) is 7.57. The van der Waals surface area contributed by atoms with E-state index in [1.165, 1.54) is 0 Å². The first kappa shape index (κ1) is 14.1. The summed E-state index contributed by atoms with van der Waals surface area (Å²) in [6.45, 7) is 0.477. The Labute approximate surface area is 128 Å². The Morgan fingerprint density at radius 2 is 2.19 bits per heavy atom. The zero-order chi connectivity index (χ0) is 14.7. The molecular weight excluding hydrogens is 288 g/mol. The monoisotopic (exact) mass is 304 g/mol. The molecule has 1 aliphatic carbocycles. The smallest absolute Gasteiger partial charge is 0.273 e. The summed E-state index contributed by atoms with van der Waals surface area (Å²) < 4.78 is 5.39. The molecule has 1 saturated carbocycles. The van der Waals surface area contributed by atoms with E-state index >= 15 is 0 Å². The van der Waals surface area contributed by atoms with Crippen molar-refractivity contribution in [1.29, 1.82) is 0 Å². The number of amides is 1. The molecule has 2 aromatic rings. The van der Waals surface area contributed by atoms with Gasteiger partial charge >= 0.3 is 0 Å². The standard InChI is InChI=1S/C16H17ClN2O2/c17-12-7-8-18-15(10-12)16(20)19(13-4-1-2-5-13)11-14-6-3-9-21-14/h3,6-10,13H,1-2,4-5,11H2. The highest BCUT2D eigenvalue weighted by atomic mass is 35.5. The fourth-order valence-electron chi connectivity index (χ4n) is 2.82. The van der Waals surface area contributed by atoms with Crippen LogP contribution in [-0.4, -0.2) is 21.8 Å². The van der Waals surface area contributed by atoms with Crippen LogP contribution in [0.25, 0.3) is 0 Å². The second kappa shape index (κ2) is 6.31. The Morgan fingerprint density at radius 1 is 1.38 bits per heavy atom. The van der Waals surface area contributed by atoms with E-state index < -0.39 is 0 Å². The number of aromatic nitrogens is 1. The van der Waals surface area contributed by atoms with E-state index in [1.54, 1.807) is 24.6 Å². The fraction of sp³-hybridized carbons (Fsp3) is 0.375. The largest absolute Gasteiger partial charge is 0.467 e. The Balaban J connectivity index is 1.85. The van der Waals surface area contributed by atoms with E-state index in [2.05, 4.69) is 4.98 Å². The third-order valence-corrected chi connectivity index (χ3v) is 4.11. The van der Waals surface area contributed by atoms with Gasteiger partial charge in [-0.3, -0.25) is 9.78 Å². The maximum Gasteiger partial charge on any atom is 0.273 e. The van der Waals surface area contributed by atoms with Crippen LogP contribution in [0.5, 0.6) is 0 Å². The van der Waals surface area contributed by atoms with Crippen molar-refractivity contribution in [2.45, 2.75) is 38.3 Å². The molecule has 1 aliphatic rings. The fourth-order valence-corrected chi connectivity index (χ4v) is 2.98. The number of halogens is 1. The molecule has 1 amide bonds. The molecular formula is C16H17ClN2O2. The Morgan fingerprint density at radius 3 is 2.86 bits per heavy atom. The second-order valence-electron chi connectivity index (χ2n) is 5.31. The van der Waals surface area contributed by atoms with Gasteiger partial charge in [-0.2, -0.15) is 0 Å². The van der Waals surface area contributed by atoms with Crippen LogP contribution in [0.3, 0.4) is 0 Å². The van der Waals surface area contributed by atoms with E-state index in [9.17, 15) is 4.79 Å². The van der Waals surface area contributed by atoms with Gasteiger partial charge in [-0.05, 0) is 37.1 Å². The number of nitrogens with zero attached hydrogens (tertiary/aromatic N) is 2. The Hall–Kier alpha value is -1.81. The van der Waals surface area contributed by atoms with Crippen LogP contribution >= 0.6 is 11.6 Å². The van der Waals surface area contributed by atoms with Crippen molar-refractivity contribution in [1.82, 2.24) is 9.88 Å². The first-order chi connectivity index (χ1) is 10.2. The third kappa shape index (κ3) is 3.27. The predicted octanol–water partition coefficient (Wildman–Crippen LogP) is 3.91. The van der Waals surface area contributed by atoms with Crippen LogP contribution in [-0.2, 0) is 6.54 Å². The Kier molecular flexibility index (Phi) is 4.25. The molecule has 0 aliphatic heterocycles.